The van der Waals surface area contributed by atoms with Gasteiger partial charge in [0, 0.05) is 18.5 Å². The van der Waals surface area contributed by atoms with Crippen LogP contribution in [0.3, 0.4) is 0 Å². The van der Waals surface area contributed by atoms with Crippen LogP contribution in [0.15, 0.2) is 60.7 Å². The summed E-state index contributed by atoms with van der Waals surface area (Å²) in [6, 6.07) is 15.1. The topological polar surface area (TPSA) is 208 Å². The van der Waals surface area contributed by atoms with Crippen molar-refractivity contribution in [1.29, 1.82) is 0 Å². The van der Waals surface area contributed by atoms with E-state index in [1.807, 2.05) is 6.07 Å². The third kappa shape index (κ3) is 11.7. The molecular formula is C29H41N4O8P. The summed E-state index contributed by atoms with van der Waals surface area (Å²) < 4.78 is 13.7. The van der Waals surface area contributed by atoms with Gasteiger partial charge in [0.15, 0.2) is 0 Å². The first-order chi connectivity index (χ1) is 20.0. The molecule has 1 unspecified atom stereocenters. The van der Waals surface area contributed by atoms with Crippen LogP contribution < -0.4 is 21.7 Å². The highest BCUT2D eigenvalue weighted by molar-refractivity contribution is 7.58. The second-order valence-corrected chi connectivity index (χ2v) is 12.7. The van der Waals surface area contributed by atoms with Gasteiger partial charge in [-0.1, -0.05) is 67.6 Å². The first-order valence-corrected chi connectivity index (χ1v) is 15.7. The maximum atomic E-state index is 13.7. The zero-order chi connectivity index (χ0) is 31.1. The van der Waals surface area contributed by atoms with Gasteiger partial charge in [0.1, 0.15) is 17.9 Å². The molecule has 13 heteroatoms. The summed E-state index contributed by atoms with van der Waals surface area (Å²) in [6.07, 6.45) is 0.729. The van der Waals surface area contributed by atoms with Crippen molar-refractivity contribution in [2.24, 2.45) is 11.7 Å². The van der Waals surface area contributed by atoms with Crippen LogP contribution in [-0.4, -0.2) is 76.0 Å². The minimum absolute atomic E-state index is 0.00688. The number of rotatable bonds is 18. The molecule has 5 atom stereocenters. The Labute approximate surface area is 245 Å². The van der Waals surface area contributed by atoms with Crippen molar-refractivity contribution in [2.75, 3.05) is 19.3 Å². The molecule has 0 aliphatic heterocycles. The van der Waals surface area contributed by atoms with Crippen LogP contribution in [0.25, 0.3) is 0 Å². The van der Waals surface area contributed by atoms with Crippen molar-refractivity contribution in [3.63, 3.8) is 0 Å². The summed E-state index contributed by atoms with van der Waals surface area (Å²) in [5, 5.41) is 25.8. The van der Waals surface area contributed by atoms with E-state index < -0.39 is 67.6 Å². The number of hydrogen-bond donors (Lipinski definition) is 7. The lowest BCUT2D eigenvalue weighted by atomic mass is 10.1. The van der Waals surface area contributed by atoms with Gasteiger partial charge in [-0.3, -0.25) is 18.9 Å². The van der Waals surface area contributed by atoms with E-state index in [4.69, 9.17) is 10.8 Å². The predicted molar refractivity (Wildman–Crippen MR) is 158 cm³/mol. The highest BCUT2D eigenvalue weighted by Crippen LogP contribution is 2.48. The Balaban J connectivity index is 2.16. The molecule has 0 aliphatic carbocycles. The SMILES string of the molecule is C[C@H](CP(=O)(O)[C@H](Cc1ccccc1)NC(=O)Cc1ccccc1)C(=O)N[C@@H](CCCCN)C(=O)N[C@H](CO)C(=O)O. The van der Waals surface area contributed by atoms with Gasteiger partial charge < -0.3 is 36.8 Å². The number of nitrogens with one attached hydrogen (secondary N) is 3. The Hall–Kier alpha value is -3.57. The first kappa shape index (κ1) is 34.6. The molecule has 8 N–H and O–H groups in total. The summed E-state index contributed by atoms with van der Waals surface area (Å²) in [6.45, 7) is 0.944. The Morgan fingerprint density at radius 3 is 1.98 bits per heavy atom. The smallest absolute Gasteiger partial charge is 0.328 e. The van der Waals surface area contributed by atoms with E-state index in [0.717, 1.165) is 11.1 Å². The third-order valence-electron chi connectivity index (χ3n) is 6.65. The first-order valence-electron chi connectivity index (χ1n) is 13.8. The zero-order valence-corrected chi connectivity index (χ0v) is 24.5. The second-order valence-electron chi connectivity index (χ2n) is 10.2. The molecular weight excluding hydrogens is 563 g/mol. The molecule has 2 aromatic rings. The number of unbranched alkanes of at least 4 members (excludes halogenated alkanes) is 1. The number of aliphatic carboxylic acids is 1. The van der Waals surface area contributed by atoms with Gasteiger partial charge in [-0.25, -0.2) is 4.79 Å². The van der Waals surface area contributed by atoms with Gasteiger partial charge in [-0.2, -0.15) is 0 Å². The average Bonchev–Trinajstić information content (AvgIpc) is 2.95. The standard InChI is InChI=1S/C29H41N4O8P/c1-20(27(36)31-23(14-8-9-15-30)28(37)32-24(18-34)29(38)39)19-42(40,41)26(17-22-12-6-3-7-13-22)33-25(35)16-21-10-4-2-5-11-21/h2-7,10-13,20,23-24,26,34H,8-9,14-19,30H2,1H3,(H,31,36)(H,32,37)(H,33,35)(H,38,39)(H,40,41)/t20-,23+,24-,26-/m1/s1. The number of benzene rings is 2. The van der Waals surface area contributed by atoms with Crippen LogP contribution >= 0.6 is 7.37 Å². The molecule has 42 heavy (non-hydrogen) atoms. The van der Waals surface area contributed by atoms with Gasteiger partial charge in [-0.15, -0.1) is 0 Å². The van der Waals surface area contributed by atoms with E-state index in [1.165, 1.54) is 6.92 Å². The Morgan fingerprint density at radius 1 is 0.857 bits per heavy atom. The van der Waals surface area contributed by atoms with Crippen molar-refractivity contribution >= 4 is 31.1 Å². The van der Waals surface area contributed by atoms with E-state index in [2.05, 4.69) is 16.0 Å². The van der Waals surface area contributed by atoms with Crippen LogP contribution in [-0.2, 0) is 36.6 Å². The van der Waals surface area contributed by atoms with Gasteiger partial charge >= 0.3 is 5.97 Å². The number of aliphatic hydroxyl groups is 1. The molecule has 0 spiro atoms. The number of carbonyl (C=O) groups excluding carboxylic acids is 3. The summed E-state index contributed by atoms with van der Waals surface area (Å²) in [4.78, 5) is 61.1. The van der Waals surface area contributed by atoms with Crippen LogP contribution in [0, 0.1) is 5.92 Å². The van der Waals surface area contributed by atoms with E-state index >= 15 is 0 Å². The van der Waals surface area contributed by atoms with E-state index in [9.17, 15) is 33.7 Å². The lowest BCUT2D eigenvalue weighted by molar-refractivity contribution is -0.143. The monoisotopic (exact) mass is 604 g/mol. The molecule has 0 fully saturated rings. The highest BCUT2D eigenvalue weighted by atomic mass is 31.2. The molecule has 0 saturated heterocycles. The van der Waals surface area contributed by atoms with Gasteiger partial charge in [-0.05, 0) is 36.9 Å². The van der Waals surface area contributed by atoms with Gasteiger partial charge in [0.25, 0.3) is 0 Å². The fourth-order valence-electron chi connectivity index (χ4n) is 4.29. The van der Waals surface area contributed by atoms with Crippen molar-refractivity contribution in [3.05, 3.63) is 71.8 Å². The van der Waals surface area contributed by atoms with Crippen LogP contribution in [0.2, 0.25) is 0 Å². The molecule has 0 heterocycles. The molecule has 0 radical (unpaired) electrons. The molecule has 0 bridgehead atoms. The fraction of sp³-hybridized carbons (Fsp3) is 0.448. The zero-order valence-electron chi connectivity index (χ0n) is 23.6. The minimum Gasteiger partial charge on any atom is -0.480 e. The normalized spacial score (nSPS) is 15.3. The number of amides is 3. The summed E-state index contributed by atoms with van der Waals surface area (Å²) >= 11 is 0. The largest absolute Gasteiger partial charge is 0.480 e. The predicted octanol–water partition coefficient (Wildman–Crippen LogP) is 0.996. The van der Waals surface area contributed by atoms with Crippen molar-refractivity contribution in [1.82, 2.24) is 16.0 Å². The summed E-state index contributed by atoms with van der Waals surface area (Å²) in [5.41, 5.74) is 6.99. The van der Waals surface area contributed by atoms with Crippen LogP contribution in [0.4, 0.5) is 0 Å². The number of carboxylic acid groups (broad SMARTS) is 1. The van der Waals surface area contributed by atoms with Crippen LogP contribution in [0.1, 0.15) is 37.3 Å². The Morgan fingerprint density at radius 2 is 1.43 bits per heavy atom. The lowest BCUT2D eigenvalue weighted by Crippen LogP contribution is -2.53. The molecule has 2 aromatic carbocycles. The molecule has 230 valence electrons. The highest BCUT2D eigenvalue weighted by Gasteiger charge is 2.36. The van der Waals surface area contributed by atoms with Crippen molar-refractivity contribution in [3.8, 4) is 0 Å². The van der Waals surface area contributed by atoms with Crippen LogP contribution in [0.5, 0.6) is 0 Å². The number of aliphatic hydroxyl groups excluding tert-OH is 1. The molecule has 0 saturated carbocycles. The summed E-state index contributed by atoms with van der Waals surface area (Å²) in [7, 11) is -4.19. The molecule has 2 rings (SSSR count). The van der Waals surface area contributed by atoms with E-state index in [1.54, 1.807) is 54.6 Å². The van der Waals surface area contributed by atoms with E-state index in [0.29, 0.717) is 19.4 Å². The molecule has 3 amide bonds. The number of carbonyl (C=O) groups is 4. The third-order valence-corrected chi connectivity index (χ3v) is 9.01. The Bertz CT molecular complexity index is 1210. The number of carboxylic acids is 1. The van der Waals surface area contributed by atoms with Crippen molar-refractivity contribution < 1.29 is 38.8 Å². The Kier molecular flexibility index (Phi) is 14.3. The maximum Gasteiger partial charge on any atom is 0.328 e. The minimum atomic E-state index is -4.19. The lowest BCUT2D eigenvalue weighted by Gasteiger charge is -2.27. The summed E-state index contributed by atoms with van der Waals surface area (Å²) in [5.74, 6) is -5.59. The van der Waals surface area contributed by atoms with Crippen molar-refractivity contribution in [2.45, 2.75) is 56.9 Å². The fourth-order valence-corrected chi connectivity index (χ4v) is 6.33. The number of hydrogen-bond acceptors (Lipinski definition) is 7. The van der Waals surface area contributed by atoms with Gasteiger partial charge in [0.05, 0.1) is 13.0 Å². The maximum absolute atomic E-state index is 13.7. The molecule has 0 aliphatic rings. The number of nitrogens with two attached hydrogens (primary N) is 1. The molecule has 0 aromatic heterocycles. The molecule has 12 nitrogen and oxygen atoms in total. The average molecular weight is 605 g/mol. The second kappa shape index (κ2) is 17.4. The quantitative estimate of drug-likeness (QED) is 0.0955. The van der Waals surface area contributed by atoms with E-state index in [-0.39, 0.29) is 19.3 Å². The van der Waals surface area contributed by atoms with Gasteiger partial charge in [0.2, 0.25) is 25.1 Å².